The van der Waals surface area contributed by atoms with Gasteiger partial charge in [0.25, 0.3) is 0 Å². The molecule has 0 aliphatic heterocycles. The molecule has 2 heterocycles. The van der Waals surface area contributed by atoms with Crippen molar-refractivity contribution >= 4 is 50.7 Å². The second-order valence-corrected chi connectivity index (χ2v) is 7.91. The number of hydrogen-bond acceptors (Lipinski definition) is 6. The van der Waals surface area contributed by atoms with Gasteiger partial charge in [-0.2, -0.15) is 13.2 Å². The summed E-state index contributed by atoms with van der Waals surface area (Å²) >= 11 is 2.62. The van der Waals surface area contributed by atoms with Crippen LogP contribution in [0.25, 0.3) is 10.2 Å². The van der Waals surface area contributed by atoms with Crippen LogP contribution in [0.1, 0.15) is 16.0 Å². The summed E-state index contributed by atoms with van der Waals surface area (Å²) in [5.74, 6) is 0.00281. The highest BCUT2D eigenvalue weighted by Gasteiger charge is 2.30. The number of aromatic nitrogens is 2. The van der Waals surface area contributed by atoms with Gasteiger partial charge in [0.2, 0.25) is 5.91 Å². The molecule has 0 fully saturated rings. The summed E-state index contributed by atoms with van der Waals surface area (Å²) in [6.07, 6.45) is -4.41. The minimum absolute atomic E-state index is 0.00923. The lowest BCUT2D eigenvalue weighted by atomic mass is 10.2. The SMILES string of the molecule is Cc1sc2nc(SCC(=O)Nc3ccc(C(F)(F)F)cc3)nc(N)c2c1C. The Kier molecular flexibility index (Phi) is 5.29. The van der Waals surface area contributed by atoms with Crippen LogP contribution in [0.15, 0.2) is 29.4 Å². The summed E-state index contributed by atoms with van der Waals surface area (Å²) in [4.78, 5) is 22.6. The number of alkyl halides is 3. The van der Waals surface area contributed by atoms with Crippen molar-refractivity contribution in [3.63, 3.8) is 0 Å². The number of carbonyl (C=O) groups excluding carboxylic acids is 1. The summed E-state index contributed by atoms with van der Waals surface area (Å²) in [5, 5.41) is 3.75. The van der Waals surface area contributed by atoms with Crippen molar-refractivity contribution in [3.8, 4) is 0 Å². The molecule has 10 heteroatoms. The van der Waals surface area contributed by atoms with Crippen LogP contribution < -0.4 is 11.1 Å². The summed E-state index contributed by atoms with van der Waals surface area (Å²) in [5.41, 5.74) is 6.56. The Morgan fingerprint density at radius 1 is 1.22 bits per heavy atom. The van der Waals surface area contributed by atoms with Crippen LogP contribution in [-0.2, 0) is 11.0 Å². The maximum absolute atomic E-state index is 12.5. The first-order valence-corrected chi connectivity index (χ1v) is 9.58. The van der Waals surface area contributed by atoms with Gasteiger partial charge in [-0.05, 0) is 43.7 Å². The third-order valence-electron chi connectivity index (χ3n) is 3.86. The van der Waals surface area contributed by atoms with Crippen LogP contribution >= 0.6 is 23.1 Å². The second kappa shape index (κ2) is 7.35. The fraction of sp³-hybridized carbons (Fsp3) is 0.235. The van der Waals surface area contributed by atoms with Gasteiger partial charge in [-0.25, -0.2) is 9.97 Å². The number of aryl methyl sites for hydroxylation is 2. The van der Waals surface area contributed by atoms with E-state index in [4.69, 9.17) is 5.73 Å². The predicted octanol–water partition coefficient (Wildman–Crippen LogP) is 4.64. The van der Waals surface area contributed by atoms with Crippen LogP contribution in [0.2, 0.25) is 0 Å². The molecule has 0 spiro atoms. The van der Waals surface area contributed by atoms with Crippen molar-refractivity contribution in [3.05, 3.63) is 40.3 Å². The summed E-state index contributed by atoms with van der Waals surface area (Å²) in [6, 6.07) is 4.26. The van der Waals surface area contributed by atoms with Gasteiger partial charge in [-0.3, -0.25) is 4.79 Å². The zero-order valence-corrected chi connectivity index (χ0v) is 16.0. The highest BCUT2D eigenvalue weighted by molar-refractivity contribution is 7.99. The molecule has 27 heavy (non-hydrogen) atoms. The number of fused-ring (bicyclic) bond motifs is 1. The van der Waals surface area contributed by atoms with E-state index in [1.165, 1.54) is 23.5 Å². The van der Waals surface area contributed by atoms with Gasteiger partial charge < -0.3 is 11.1 Å². The molecule has 0 saturated heterocycles. The fourth-order valence-corrected chi connectivity index (χ4v) is 4.14. The third-order valence-corrected chi connectivity index (χ3v) is 5.81. The Bertz CT molecular complexity index is 1000. The maximum Gasteiger partial charge on any atom is 0.416 e. The lowest BCUT2D eigenvalue weighted by Gasteiger charge is -2.08. The number of halogens is 3. The Hall–Kier alpha value is -2.33. The molecule has 0 aliphatic rings. The Morgan fingerprint density at radius 2 is 1.89 bits per heavy atom. The van der Waals surface area contributed by atoms with Crippen LogP contribution in [-0.4, -0.2) is 21.6 Å². The predicted molar refractivity (Wildman–Crippen MR) is 102 cm³/mol. The maximum atomic E-state index is 12.5. The van der Waals surface area contributed by atoms with E-state index in [1.54, 1.807) is 0 Å². The molecule has 3 rings (SSSR count). The number of nitrogens with zero attached hydrogens (tertiary/aromatic N) is 2. The number of rotatable bonds is 4. The lowest BCUT2D eigenvalue weighted by molar-refractivity contribution is -0.137. The van der Waals surface area contributed by atoms with Gasteiger partial charge in [0.05, 0.1) is 16.7 Å². The minimum atomic E-state index is -4.41. The van der Waals surface area contributed by atoms with E-state index in [2.05, 4.69) is 15.3 Å². The first kappa shape index (κ1) is 19.4. The topological polar surface area (TPSA) is 80.9 Å². The number of thioether (sulfide) groups is 1. The number of carbonyl (C=O) groups is 1. The van der Waals surface area contributed by atoms with Crippen molar-refractivity contribution in [1.82, 2.24) is 9.97 Å². The fourth-order valence-electron chi connectivity index (χ4n) is 2.39. The van der Waals surface area contributed by atoms with Gasteiger partial charge in [0, 0.05) is 10.6 Å². The summed E-state index contributed by atoms with van der Waals surface area (Å²) in [7, 11) is 0. The molecule has 0 aliphatic carbocycles. The summed E-state index contributed by atoms with van der Waals surface area (Å²) in [6.45, 7) is 3.93. The van der Waals surface area contributed by atoms with Crippen molar-refractivity contribution < 1.29 is 18.0 Å². The highest BCUT2D eigenvalue weighted by atomic mass is 32.2. The number of nitrogen functional groups attached to an aromatic ring is 1. The average Bonchev–Trinajstić information content (AvgIpc) is 2.87. The number of nitrogens with two attached hydrogens (primary N) is 1. The molecule has 2 aromatic heterocycles. The van der Waals surface area contributed by atoms with Crippen LogP contribution in [0, 0.1) is 13.8 Å². The number of benzene rings is 1. The van der Waals surface area contributed by atoms with E-state index >= 15 is 0 Å². The molecular formula is C17H15F3N4OS2. The van der Waals surface area contributed by atoms with E-state index in [0.717, 1.165) is 44.6 Å². The van der Waals surface area contributed by atoms with Crippen molar-refractivity contribution in [2.45, 2.75) is 25.2 Å². The molecule has 142 valence electrons. The molecule has 1 amide bonds. The van der Waals surface area contributed by atoms with E-state index < -0.39 is 11.7 Å². The van der Waals surface area contributed by atoms with E-state index in [-0.39, 0.29) is 17.3 Å². The molecule has 1 aromatic carbocycles. The van der Waals surface area contributed by atoms with Crippen LogP contribution in [0.3, 0.4) is 0 Å². The standard InChI is InChI=1S/C17H15F3N4OS2/c1-8-9(2)27-15-13(8)14(21)23-16(24-15)26-7-12(25)22-11-5-3-10(4-6-11)17(18,19)20/h3-6H,7H2,1-2H3,(H,22,25)(H2,21,23,24). The molecule has 0 radical (unpaired) electrons. The van der Waals surface area contributed by atoms with Gasteiger partial charge in [0.1, 0.15) is 10.6 Å². The summed E-state index contributed by atoms with van der Waals surface area (Å²) < 4.78 is 37.6. The van der Waals surface area contributed by atoms with Crippen molar-refractivity contribution in [2.24, 2.45) is 0 Å². The largest absolute Gasteiger partial charge is 0.416 e. The first-order chi connectivity index (χ1) is 12.6. The molecular weight excluding hydrogens is 397 g/mol. The highest BCUT2D eigenvalue weighted by Crippen LogP contribution is 2.33. The second-order valence-electron chi connectivity index (χ2n) is 5.77. The number of anilines is 2. The number of amides is 1. The Morgan fingerprint density at radius 3 is 2.52 bits per heavy atom. The average molecular weight is 412 g/mol. The first-order valence-electron chi connectivity index (χ1n) is 7.78. The molecule has 3 N–H and O–H groups in total. The Balaban J connectivity index is 1.65. The number of nitrogens with one attached hydrogen (secondary N) is 1. The van der Waals surface area contributed by atoms with E-state index in [1.807, 2.05) is 13.8 Å². The van der Waals surface area contributed by atoms with Gasteiger partial charge in [-0.15, -0.1) is 11.3 Å². The molecule has 0 unspecified atom stereocenters. The van der Waals surface area contributed by atoms with E-state index in [0.29, 0.717) is 11.0 Å². The number of thiophene rings is 1. The van der Waals surface area contributed by atoms with Gasteiger partial charge >= 0.3 is 6.18 Å². The van der Waals surface area contributed by atoms with Gasteiger partial charge in [0.15, 0.2) is 5.16 Å². The lowest BCUT2D eigenvalue weighted by Crippen LogP contribution is -2.14. The zero-order valence-electron chi connectivity index (χ0n) is 14.3. The van der Waals surface area contributed by atoms with Crippen molar-refractivity contribution in [2.75, 3.05) is 16.8 Å². The molecule has 3 aromatic rings. The zero-order chi connectivity index (χ0) is 19.8. The smallest absolute Gasteiger partial charge is 0.383 e. The minimum Gasteiger partial charge on any atom is -0.383 e. The van der Waals surface area contributed by atoms with Crippen molar-refractivity contribution in [1.29, 1.82) is 0 Å². The molecule has 0 atom stereocenters. The Labute approximate surface area is 161 Å². The molecule has 0 bridgehead atoms. The third kappa shape index (κ3) is 4.33. The van der Waals surface area contributed by atoms with Crippen LogP contribution in [0.4, 0.5) is 24.7 Å². The van der Waals surface area contributed by atoms with E-state index in [9.17, 15) is 18.0 Å². The van der Waals surface area contributed by atoms with Gasteiger partial charge in [-0.1, -0.05) is 11.8 Å². The normalized spacial score (nSPS) is 11.7. The number of hydrogen-bond donors (Lipinski definition) is 2. The quantitative estimate of drug-likeness (QED) is 0.482. The molecule has 5 nitrogen and oxygen atoms in total. The monoisotopic (exact) mass is 412 g/mol. The van der Waals surface area contributed by atoms with Crippen LogP contribution in [0.5, 0.6) is 0 Å². The molecule has 0 saturated carbocycles.